The fraction of sp³-hybridized carbons (Fsp3) is 0.273. The van der Waals surface area contributed by atoms with Gasteiger partial charge in [-0.2, -0.15) is 0 Å². The van der Waals surface area contributed by atoms with E-state index in [1.807, 2.05) is 0 Å². The zero-order valence-electron chi connectivity index (χ0n) is 8.34. The predicted molar refractivity (Wildman–Crippen MR) is 60.9 cm³/mol. The Kier molecular flexibility index (Phi) is 4.59. The summed E-state index contributed by atoms with van der Waals surface area (Å²) in [5, 5.41) is 0. The van der Waals surface area contributed by atoms with Gasteiger partial charge in [0.25, 0.3) is 0 Å². The van der Waals surface area contributed by atoms with E-state index in [1.165, 1.54) is 6.07 Å². The molecule has 0 bridgehead atoms. The molecule has 15 heavy (non-hydrogen) atoms. The zero-order chi connectivity index (χ0) is 11.3. The summed E-state index contributed by atoms with van der Waals surface area (Å²) in [4.78, 5) is 0. The van der Waals surface area contributed by atoms with Crippen molar-refractivity contribution in [1.29, 1.82) is 0 Å². The van der Waals surface area contributed by atoms with Gasteiger partial charge in [0.1, 0.15) is 5.82 Å². The van der Waals surface area contributed by atoms with Crippen LogP contribution in [0.25, 0.3) is 0 Å². The highest BCUT2D eigenvalue weighted by atomic mass is 35.5. The Morgan fingerprint density at radius 2 is 2.20 bits per heavy atom. The second-order valence-corrected chi connectivity index (χ2v) is 3.60. The monoisotopic (exact) mass is 228 g/mol. The van der Waals surface area contributed by atoms with E-state index in [-0.39, 0.29) is 11.7 Å². The fourth-order valence-corrected chi connectivity index (χ4v) is 1.70. The molecular weight excluding hydrogens is 215 g/mol. The maximum Gasteiger partial charge on any atom is 0.127 e. The molecule has 0 fully saturated rings. The van der Waals surface area contributed by atoms with Crippen LogP contribution in [0.1, 0.15) is 17.9 Å². The average molecular weight is 229 g/mol. The Balaban J connectivity index is 2.98. The molecule has 1 atom stereocenters. The quantitative estimate of drug-likeness (QED) is 0.462. The van der Waals surface area contributed by atoms with E-state index in [9.17, 15) is 4.39 Å². The number of alkyl halides is 1. The summed E-state index contributed by atoms with van der Waals surface area (Å²) in [6.07, 6.45) is 0.603. The van der Waals surface area contributed by atoms with Crippen molar-refractivity contribution in [2.24, 2.45) is 5.84 Å². The van der Waals surface area contributed by atoms with Gasteiger partial charge < -0.3 is 5.43 Å². The highest BCUT2D eigenvalue weighted by Crippen LogP contribution is 2.27. The molecule has 0 saturated carbocycles. The normalized spacial score (nSPS) is 12.2. The second-order valence-electron chi connectivity index (χ2n) is 3.22. The third-order valence-electron chi connectivity index (χ3n) is 2.28. The molecule has 0 aromatic heterocycles. The maximum atomic E-state index is 13.5. The molecule has 1 aromatic carbocycles. The first-order valence-electron chi connectivity index (χ1n) is 4.66. The Morgan fingerprint density at radius 1 is 1.53 bits per heavy atom. The highest BCUT2D eigenvalue weighted by Gasteiger charge is 2.17. The second kappa shape index (κ2) is 5.73. The lowest BCUT2D eigenvalue weighted by Gasteiger charge is -2.18. The lowest BCUT2D eigenvalue weighted by molar-refractivity contribution is 0.579. The molecule has 1 unspecified atom stereocenters. The van der Waals surface area contributed by atoms with Gasteiger partial charge >= 0.3 is 0 Å². The van der Waals surface area contributed by atoms with Gasteiger partial charge in [-0.1, -0.05) is 24.8 Å². The van der Waals surface area contributed by atoms with Gasteiger partial charge in [-0.15, -0.1) is 11.6 Å². The number of hydrogen-bond donors (Lipinski definition) is 2. The smallest absolute Gasteiger partial charge is 0.127 e. The minimum atomic E-state index is -0.260. The molecule has 1 rings (SSSR count). The molecule has 0 aliphatic heterocycles. The molecule has 0 amide bonds. The first-order chi connectivity index (χ1) is 7.20. The van der Waals surface area contributed by atoms with E-state index in [0.717, 1.165) is 0 Å². The number of nitrogens with one attached hydrogen (secondary N) is 1. The van der Waals surface area contributed by atoms with Gasteiger partial charge in [0.15, 0.2) is 0 Å². The number of rotatable bonds is 5. The molecule has 1 aromatic rings. The SMILES string of the molecule is C=C(NN)C(CCCl)c1ccccc1F. The Morgan fingerprint density at radius 3 is 2.73 bits per heavy atom. The molecule has 0 radical (unpaired) electrons. The summed E-state index contributed by atoms with van der Waals surface area (Å²) in [5.41, 5.74) is 3.60. The van der Waals surface area contributed by atoms with E-state index in [0.29, 0.717) is 23.6 Å². The van der Waals surface area contributed by atoms with Crippen molar-refractivity contribution in [3.8, 4) is 0 Å². The largest absolute Gasteiger partial charge is 0.328 e. The van der Waals surface area contributed by atoms with Crippen LogP contribution in [0, 0.1) is 5.82 Å². The fourth-order valence-electron chi connectivity index (χ4n) is 1.48. The topological polar surface area (TPSA) is 38.0 Å². The standard InChI is InChI=1S/C11H14ClFN2/c1-8(15-14)9(6-7-12)10-4-2-3-5-11(10)13/h2-5,9,15H,1,6-7,14H2. The summed E-state index contributed by atoms with van der Waals surface area (Å²) < 4.78 is 13.5. The Bertz CT molecular complexity index is 341. The zero-order valence-corrected chi connectivity index (χ0v) is 9.10. The van der Waals surface area contributed by atoms with Crippen molar-refractivity contribution in [1.82, 2.24) is 5.43 Å². The van der Waals surface area contributed by atoms with Crippen LogP contribution < -0.4 is 11.3 Å². The van der Waals surface area contributed by atoms with Crippen LogP contribution in [0.2, 0.25) is 0 Å². The predicted octanol–water partition coefficient (Wildman–Crippen LogP) is 2.52. The number of benzene rings is 1. The molecular formula is C11H14ClFN2. The molecule has 0 heterocycles. The van der Waals surface area contributed by atoms with Crippen LogP contribution in [0.15, 0.2) is 36.5 Å². The van der Waals surface area contributed by atoms with E-state index in [1.54, 1.807) is 18.2 Å². The first-order valence-corrected chi connectivity index (χ1v) is 5.20. The van der Waals surface area contributed by atoms with E-state index in [2.05, 4.69) is 12.0 Å². The number of halogens is 2. The van der Waals surface area contributed by atoms with Gasteiger partial charge in [-0.05, 0) is 18.1 Å². The number of hydrogen-bond acceptors (Lipinski definition) is 2. The van der Waals surface area contributed by atoms with Crippen molar-refractivity contribution in [2.75, 3.05) is 5.88 Å². The number of nitrogens with two attached hydrogens (primary N) is 1. The van der Waals surface area contributed by atoms with E-state index >= 15 is 0 Å². The first kappa shape index (κ1) is 12.0. The Labute approximate surface area is 93.9 Å². The van der Waals surface area contributed by atoms with Crippen LogP contribution in [-0.4, -0.2) is 5.88 Å². The molecule has 2 nitrogen and oxygen atoms in total. The maximum absolute atomic E-state index is 13.5. The molecule has 0 aliphatic rings. The van der Waals surface area contributed by atoms with Gasteiger partial charge in [-0.3, -0.25) is 5.84 Å². The van der Waals surface area contributed by atoms with Crippen molar-refractivity contribution < 1.29 is 4.39 Å². The summed E-state index contributed by atoms with van der Waals surface area (Å²) in [6, 6.07) is 6.56. The lowest BCUT2D eigenvalue weighted by Crippen LogP contribution is -2.25. The van der Waals surface area contributed by atoms with Gasteiger partial charge in [-0.25, -0.2) is 4.39 Å². The van der Waals surface area contributed by atoms with Crippen molar-refractivity contribution >= 4 is 11.6 Å². The van der Waals surface area contributed by atoms with Gasteiger partial charge in [0, 0.05) is 17.5 Å². The molecule has 82 valence electrons. The van der Waals surface area contributed by atoms with Crippen molar-refractivity contribution in [2.45, 2.75) is 12.3 Å². The van der Waals surface area contributed by atoms with Crippen LogP contribution in [0.3, 0.4) is 0 Å². The van der Waals surface area contributed by atoms with Crippen LogP contribution in [0.4, 0.5) is 4.39 Å². The Hall–Kier alpha value is -1.06. The van der Waals surface area contributed by atoms with Gasteiger partial charge in [0.2, 0.25) is 0 Å². The summed E-state index contributed by atoms with van der Waals surface area (Å²) in [6.45, 7) is 3.75. The van der Waals surface area contributed by atoms with Crippen LogP contribution in [0.5, 0.6) is 0 Å². The number of allylic oxidation sites excluding steroid dienone is 1. The van der Waals surface area contributed by atoms with Crippen LogP contribution in [-0.2, 0) is 0 Å². The lowest BCUT2D eigenvalue weighted by atomic mass is 9.93. The average Bonchev–Trinajstić information content (AvgIpc) is 2.26. The molecule has 0 spiro atoms. The molecule has 0 aliphatic carbocycles. The van der Waals surface area contributed by atoms with Crippen molar-refractivity contribution in [3.63, 3.8) is 0 Å². The molecule has 4 heteroatoms. The molecule has 3 N–H and O–H groups in total. The summed E-state index contributed by atoms with van der Waals surface area (Å²) in [5.74, 6) is 5.26. The van der Waals surface area contributed by atoms with E-state index < -0.39 is 0 Å². The minimum absolute atomic E-state index is 0.186. The van der Waals surface area contributed by atoms with Gasteiger partial charge in [0.05, 0.1) is 0 Å². The number of hydrazine groups is 1. The van der Waals surface area contributed by atoms with E-state index in [4.69, 9.17) is 17.4 Å². The third kappa shape index (κ3) is 2.94. The van der Waals surface area contributed by atoms with Crippen molar-refractivity contribution in [3.05, 3.63) is 47.9 Å². The summed E-state index contributed by atoms with van der Waals surface area (Å²) in [7, 11) is 0. The third-order valence-corrected chi connectivity index (χ3v) is 2.50. The van der Waals surface area contributed by atoms with Crippen LogP contribution >= 0.6 is 11.6 Å². The minimum Gasteiger partial charge on any atom is -0.328 e. The molecule has 0 saturated heterocycles. The highest BCUT2D eigenvalue weighted by molar-refractivity contribution is 6.17. The summed E-state index contributed by atoms with van der Waals surface area (Å²) >= 11 is 5.67.